The van der Waals surface area contributed by atoms with Gasteiger partial charge in [0.05, 0.1) is 12.6 Å². The fourth-order valence-corrected chi connectivity index (χ4v) is 1.79. The van der Waals surface area contributed by atoms with Crippen molar-refractivity contribution in [2.75, 3.05) is 13.2 Å². The molecule has 0 aliphatic rings. The molecule has 0 aromatic heterocycles. The molecular formula is C15H25ClN2O2. The van der Waals surface area contributed by atoms with Crippen LogP contribution in [0.2, 0.25) is 0 Å². The molecule has 1 amide bonds. The van der Waals surface area contributed by atoms with Gasteiger partial charge in [-0.05, 0) is 37.0 Å². The number of halogens is 1. The van der Waals surface area contributed by atoms with E-state index in [2.05, 4.69) is 5.32 Å². The Morgan fingerprint density at radius 3 is 2.70 bits per heavy atom. The van der Waals surface area contributed by atoms with Crippen LogP contribution < -0.4 is 15.8 Å². The molecular weight excluding hydrogens is 276 g/mol. The predicted molar refractivity (Wildman–Crippen MR) is 84.4 cm³/mol. The predicted octanol–water partition coefficient (Wildman–Crippen LogP) is 2.29. The summed E-state index contributed by atoms with van der Waals surface area (Å²) in [6.45, 7) is 7.03. The lowest BCUT2D eigenvalue weighted by molar-refractivity contribution is -0.122. The second-order valence-corrected chi connectivity index (χ2v) is 5.19. The summed E-state index contributed by atoms with van der Waals surface area (Å²) in [5.41, 5.74) is 6.93. The SMILES string of the molecule is Cc1cccc(OCCNC(=O)[C@@H](N)CC(C)C)c1.Cl. The minimum absolute atomic E-state index is 0. The molecule has 1 aromatic rings. The summed E-state index contributed by atoms with van der Waals surface area (Å²) in [6, 6.07) is 7.39. The van der Waals surface area contributed by atoms with Crippen LogP contribution >= 0.6 is 12.4 Å². The molecule has 0 heterocycles. The molecule has 0 saturated carbocycles. The maximum absolute atomic E-state index is 11.7. The Hall–Kier alpha value is -1.26. The summed E-state index contributed by atoms with van der Waals surface area (Å²) in [4.78, 5) is 11.7. The molecule has 5 heteroatoms. The average molecular weight is 301 g/mol. The number of ether oxygens (including phenoxy) is 1. The highest BCUT2D eigenvalue weighted by Gasteiger charge is 2.13. The van der Waals surface area contributed by atoms with Crippen LogP contribution in [-0.4, -0.2) is 25.1 Å². The number of amides is 1. The first-order valence-corrected chi connectivity index (χ1v) is 6.72. The highest BCUT2D eigenvalue weighted by Crippen LogP contribution is 2.11. The van der Waals surface area contributed by atoms with E-state index in [9.17, 15) is 4.79 Å². The van der Waals surface area contributed by atoms with Gasteiger partial charge in [-0.25, -0.2) is 0 Å². The maximum atomic E-state index is 11.7. The highest BCUT2D eigenvalue weighted by atomic mass is 35.5. The van der Waals surface area contributed by atoms with Crippen molar-refractivity contribution >= 4 is 18.3 Å². The third kappa shape index (κ3) is 7.36. The van der Waals surface area contributed by atoms with Gasteiger partial charge >= 0.3 is 0 Å². The van der Waals surface area contributed by atoms with Gasteiger partial charge in [0.1, 0.15) is 12.4 Å². The van der Waals surface area contributed by atoms with Crippen LogP contribution in [0, 0.1) is 12.8 Å². The van der Waals surface area contributed by atoms with Crippen molar-refractivity contribution in [2.24, 2.45) is 11.7 Å². The molecule has 0 bridgehead atoms. The number of rotatable bonds is 7. The Morgan fingerprint density at radius 2 is 2.10 bits per heavy atom. The van der Waals surface area contributed by atoms with Crippen LogP contribution in [0.25, 0.3) is 0 Å². The number of hydrogen-bond acceptors (Lipinski definition) is 3. The minimum atomic E-state index is -0.432. The Balaban J connectivity index is 0.00000361. The third-order valence-corrected chi connectivity index (χ3v) is 2.72. The van der Waals surface area contributed by atoms with Crippen molar-refractivity contribution in [1.29, 1.82) is 0 Å². The van der Waals surface area contributed by atoms with Crippen molar-refractivity contribution in [2.45, 2.75) is 33.2 Å². The Labute approximate surface area is 127 Å². The summed E-state index contributed by atoms with van der Waals surface area (Å²) < 4.78 is 5.54. The van der Waals surface area contributed by atoms with E-state index in [0.717, 1.165) is 11.3 Å². The van der Waals surface area contributed by atoms with E-state index in [0.29, 0.717) is 25.5 Å². The molecule has 0 aliphatic heterocycles. The van der Waals surface area contributed by atoms with Crippen molar-refractivity contribution in [3.05, 3.63) is 29.8 Å². The number of carbonyl (C=O) groups is 1. The van der Waals surface area contributed by atoms with E-state index in [4.69, 9.17) is 10.5 Å². The van der Waals surface area contributed by atoms with E-state index in [1.54, 1.807) is 0 Å². The minimum Gasteiger partial charge on any atom is -0.492 e. The first kappa shape index (κ1) is 18.7. The lowest BCUT2D eigenvalue weighted by atomic mass is 10.0. The lowest BCUT2D eigenvalue weighted by Gasteiger charge is -2.14. The van der Waals surface area contributed by atoms with Gasteiger partial charge in [0.25, 0.3) is 0 Å². The molecule has 114 valence electrons. The van der Waals surface area contributed by atoms with E-state index in [-0.39, 0.29) is 18.3 Å². The number of hydrogen-bond donors (Lipinski definition) is 2. The van der Waals surface area contributed by atoms with Gasteiger partial charge in [0, 0.05) is 0 Å². The molecule has 0 spiro atoms. The zero-order valence-corrected chi connectivity index (χ0v) is 13.2. The van der Waals surface area contributed by atoms with Crippen molar-refractivity contribution < 1.29 is 9.53 Å². The maximum Gasteiger partial charge on any atom is 0.237 e. The third-order valence-electron chi connectivity index (χ3n) is 2.72. The van der Waals surface area contributed by atoms with Crippen LogP contribution in [0.3, 0.4) is 0 Å². The van der Waals surface area contributed by atoms with E-state index >= 15 is 0 Å². The van der Waals surface area contributed by atoms with Crippen LogP contribution in [-0.2, 0) is 4.79 Å². The largest absolute Gasteiger partial charge is 0.492 e. The second-order valence-electron chi connectivity index (χ2n) is 5.19. The van der Waals surface area contributed by atoms with Crippen LogP contribution in [0.5, 0.6) is 5.75 Å². The molecule has 0 radical (unpaired) electrons. The molecule has 0 saturated heterocycles. The van der Waals surface area contributed by atoms with Gasteiger partial charge in [-0.1, -0.05) is 26.0 Å². The van der Waals surface area contributed by atoms with Crippen molar-refractivity contribution in [3.63, 3.8) is 0 Å². The summed E-state index contributed by atoms with van der Waals surface area (Å²) in [7, 11) is 0. The van der Waals surface area contributed by atoms with Gasteiger partial charge in [-0.15, -0.1) is 12.4 Å². The van der Waals surface area contributed by atoms with Gasteiger partial charge in [-0.3, -0.25) is 4.79 Å². The van der Waals surface area contributed by atoms with Crippen molar-refractivity contribution in [1.82, 2.24) is 5.32 Å². The smallest absolute Gasteiger partial charge is 0.237 e. The molecule has 1 atom stereocenters. The van der Waals surface area contributed by atoms with Crippen LogP contribution in [0.4, 0.5) is 0 Å². The zero-order valence-electron chi connectivity index (χ0n) is 12.4. The van der Waals surface area contributed by atoms with Crippen LogP contribution in [0.1, 0.15) is 25.8 Å². The molecule has 0 fully saturated rings. The molecule has 3 N–H and O–H groups in total. The fourth-order valence-electron chi connectivity index (χ4n) is 1.79. The van der Waals surface area contributed by atoms with E-state index < -0.39 is 6.04 Å². The summed E-state index contributed by atoms with van der Waals surface area (Å²) in [5, 5.41) is 2.78. The molecule has 1 rings (SSSR count). The van der Waals surface area contributed by atoms with E-state index in [1.807, 2.05) is 45.0 Å². The average Bonchev–Trinajstić information content (AvgIpc) is 2.33. The van der Waals surface area contributed by atoms with Gasteiger partial charge in [-0.2, -0.15) is 0 Å². The monoisotopic (exact) mass is 300 g/mol. The lowest BCUT2D eigenvalue weighted by Crippen LogP contribution is -2.42. The molecule has 20 heavy (non-hydrogen) atoms. The first-order chi connectivity index (χ1) is 8.99. The topological polar surface area (TPSA) is 64.3 Å². The second kappa shape index (κ2) is 9.61. The fraction of sp³-hybridized carbons (Fsp3) is 0.533. The van der Waals surface area contributed by atoms with Gasteiger partial charge in [0.15, 0.2) is 0 Å². The standard InChI is InChI=1S/C15H24N2O2.ClH/c1-11(2)9-14(16)15(18)17-7-8-19-13-6-4-5-12(3)10-13;/h4-6,10-11,14H,7-9,16H2,1-3H3,(H,17,18);1H/t14-;/m0./s1. The van der Waals surface area contributed by atoms with Crippen molar-refractivity contribution in [3.8, 4) is 5.75 Å². The van der Waals surface area contributed by atoms with Crippen LogP contribution in [0.15, 0.2) is 24.3 Å². The summed E-state index contributed by atoms with van der Waals surface area (Å²) >= 11 is 0. The summed E-state index contributed by atoms with van der Waals surface area (Å²) in [5.74, 6) is 1.13. The first-order valence-electron chi connectivity index (χ1n) is 6.72. The number of nitrogens with one attached hydrogen (secondary N) is 1. The normalized spacial score (nSPS) is 11.7. The van der Waals surface area contributed by atoms with Gasteiger partial charge < -0.3 is 15.8 Å². The summed E-state index contributed by atoms with van der Waals surface area (Å²) in [6.07, 6.45) is 0.699. The quantitative estimate of drug-likeness (QED) is 0.759. The van der Waals surface area contributed by atoms with E-state index in [1.165, 1.54) is 0 Å². The number of benzene rings is 1. The zero-order chi connectivity index (χ0) is 14.3. The Kier molecular flexibility index (Phi) is 9.01. The number of aryl methyl sites for hydroxylation is 1. The Morgan fingerprint density at radius 1 is 1.40 bits per heavy atom. The number of carbonyl (C=O) groups excluding carboxylic acids is 1. The molecule has 1 aromatic carbocycles. The number of nitrogens with two attached hydrogens (primary N) is 1. The molecule has 0 unspecified atom stereocenters. The Bertz CT molecular complexity index is 411. The highest BCUT2D eigenvalue weighted by molar-refractivity contribution is 5.85. The molecule has 4 nitrogen and oxygen atoms in total. The van der Waals surface area contributed by atoms with Gasteiger partial charge in [0.2, 0.25) is 5.91 Å². The molecule has 0 aliphatic carbocycles.